The molecule has 0 fully saturated rings. The maximum absolute atomic E-state index is 9.67. The third kappa shape index (κ3) is 2.73. The number of alkyl halides is 1. The summed E-state index contributed by atoms with van der Waals surface area (Å²) >= 11 is 2.77. The lowest BCUT2D eigenvalue weighted by Gasteiger charge is -2.05. The summed E-state index contributed by atoms with van der Waals surface area (Å²) in [5.74, 6) is 0. The van der Waals surface area contributed by atoms with Gasteiger partial charge in [0.2, 0.25) is 0 Å². The summed E-state index contributed by atoms with van der Waals surface area (Å²) in [4.78, 5) is 8.72. The van der Waals surface area contributed by atoms with Crippen LogP contribution >= 0.6 is 15.9 Å². The topological polar surface area (TPSA) is 83.6 Å². The lowest BCUT2D eigenvalue weighted by Crippen LogP contribution is -2.34. The predicted octanol–water partition coefficient (Wildman–Crippen LogP) is -0.663. The summed E-state index contributed by atoms with van der Waals surface area (Å²) in [6.45, 7) is 0. The van der Waals surface area contributed by atoms with Crippen LogP contribution < -0.4 is 0 Å². The van der Waals surface area contributed by atoms with Crippen molar-refractivity contribution in [2.24, 2.45) is 0 Å². The molecule has 54 valence electrons. The molecule has 0 amide bonds. The fourth-order valence-electron chi connectivity index (χ4n) is 0.220. The van der Waals surface area contributed by atoms with Gasteiger partial charge in [0, 0.05) is 5.33 Å². The molecule has 2 N–H and O–H groups in total. The Balaban J connectivity index is 3.72. The minimum absolute atomic E-state index is 0.00481. The molecule has 0 saturated carbocycles. The van der Waals surface area contributed by atoms with Gasteiger partial charge in [0.15, 0.2) is 6.10 Å². The zero-order chi connectivity index (χ0) is 7.44. The minimum Gasteiger partial charge on any atom is -0.382 e. The van der Waals surface area contributed by atoms with Gasteiger partial charge in [-0.15, -0.1) is 0 Å². The molecule has 0 aromatic rings. The molecule has 9 heavy (non-hydrogen) atoms. The normalized spacial score (nSPS) is 16.8. The summed E-state index contributed by atoms with van der Waals surface area (Å²) in [7, 11) is 0. The molecule has 0 heterocycles. The molecule has 0 aliphatic carbocycles. The second kappa shape index (κ2) is 3.76. The lowest BCUT2D eigenvalue weighted by molar-refractivity contribution is -0.581. The van der Waals surface area contributed by atoms with Gasteiger partial charge in [-0.2, -0.15) is 0 Å². The van der Waals surface area contributed by atoms with Gasteiger partial charge in [-0.25, -0.2) is 0 Å². The van der Waals surface area contributed by atoms with Gasteiger partial charge < -0.3 is 10.2 Å². The molecule has 0 aromatic carbocycles. The van der Waals surface area contributed by atoms with E-state index in [4.69, 9.17) is 10.2 Å². The zero-order valence-corrected chi connectivity index (χ0v) is 5.98. The van der Waals surface area contributed by atoms with Crippen LogP contribution in [0.4, 0.5) is 0 Å². The highest BCUT2D eigenvalue weighted by Crippen LogP contribution is 1.97. The van der Waals surface area contributed by atoms with E-state index in [2.05, 4.69) is 15.9 Å². The number of rotatable bonds is 3. The quantitative estimate of drug-likeness (QED) is 0.274. The minimum atomic E-state index is -1.88. The summed E-state index contributed by atoms with van der Waals surface area (Å²) < 4.78 is 0. The van der Waals surface area contributed by atoms with E-state index in [1.165, 1.54) is 0 Å². The van der Waals surface area contributed by atoms with Gasteiger partial charge in [-0.3, -0.25) is 10.1 Å². The molecule has 2 atom stereocenters. The Morgan fingerprint density at radius 2 is 2.11 bits per heavy atom. The molecule has 0 aliphatic rings. The molecule has 0 spiro atoms. The standard InChI is InChI=1S/C3H6BrNO4/c4-1-2(6)3(7)5(8)9/h2-3,6-7H,1H2. The Kier molecular flexibility index (Phi) is 3.67. The van der Waals surface area contributed by atoms with Crippen LogP contribution in [0.15, 0.2) is 0 Å². The monoisotopic (exact) mass is 199 g/mol. The number of halogens is 1. The molecule has 2 unspecified atom stereocenters. The van der Waals surface area contributed by atoms with Crippen molar-refractivity contribution >= 4 is 15.9 Å². The van der Waals surface area contributed by atoms with Gasteiger partial charge in [0.1, 0.15) is 0 Å². The van der Waals surface area contributed by atoms with Crippen molar-refractivity contribution in [2.75, 3.05) is 5.33 Å². The number of aliphatic hydroxyl groups is 2. The highest BCUT2D eigenvalue weighted by molar-refractivity contribution is 9.09. The fraction of sp³-hybridized carbons (Fsp3) is 1.00. The highest BCUT2D eigenvalue weighted by atomic mass is 79.9. The van der Waals surface area contributed by atoms with E-state index >= 15 is 0 Å². The van der Waals surface area contributed by atoms with Crippen LogP contribution in [0.2, 0.25) is 0 Å². The molecule has 0 aromatic heterocycles. The van der Waals surface area contributed by atoms with E-state index in [1.54, 1.807) is 0 Å². The summed E-state index contributed by atoms with van der Waals surface area (Å²) in [6.07, 6.45) is -3.22. The van der Waals surface area contributed by atoms with E-state index < -0.39 is 17.3 Å². The first kappa shape index (κ1) is 8.80. The maximum atomic E-state index is 9.67. The first-order valence-electron chi connectivity index (χ1n) is 2.15. The molecule has 0 bridgehead atoms. The first-order valence-corrected chi connectivity index (χ1v) is 3.27. The van der Waals surface area contributed by atoms with Crippen molar-refractivity contribution in [3.8, 4) is 0 Å². The van der Waals surface area contributed by atoms with Crippen molar-refractivity contribution < 1.29 is 15.1 Å². The van der Waals surface area contributed by atoms with Crippen molar-refractivity contribution in [1.82, 2.24) is 0 Å². The third-order valence-corrected chi connectivity index (χ3v) is 1.38. The third-order valence-electron chi connectivity index (χ3n) is 0.718. The van der Waals surface area contributed by atoms with E-state index in [9.17, 15) is 10.1 Å². The number of nitro groups is 1. The predicted molar refractivity (Wildman–Crippen MR) is 32.8 cm³/mol. The average molecular weight is 200 g/mol. The molecule has 6 heteroatoms. The van der Waals surface area contributed by atoms with E-state index in [0.29, 0.717) is 0 Å². The number of hydrogen-bond acceptors (Lipinski definition) is 4. The van der Waals surface area contributed by atoms with Crippen LogP contribution in [0.25, 0.3) is 0 Å². The van der Waals surface area contributed by atoms with Gasteiger partial charge in [0.25, 0.3) is 0 Å². The highest BCUT2D eigenvalue weighted by Gasteiger charge is 2.24. The van der Waals surface area contributed by atoms with Crippen LogP contribution in [0, 0.1) is 10.1 Å². The Bertz CT molecular complexity index is 108. The maximum Gasteiger partial charge on any atom is 0.339 e. The average Bonchev–Trinajstić information content (AvgIpc) is 1.84. The fourth-order valence-corrected chi connectivity index (χ4v) is 0.555. The van der Waals surface area contributed by atoms with Gasteiger partial charge in [-0.05, 0) is 0 Å². The second-order valence-electron chi connectivity index (χ2n) is 1.42. The molecule has 0 aliphatic heterocycles. The Morgan fingerprint density at radius 3 is 2.22 bits per heavy atom. The summed E-state index contributed by atoms with van der Waals surface area (Å²) in [6, 6.07) is 0. The van der Waals surface area contributed by atoms with Crippen LogP contribution in [0.3, 0.4) is 0 Å². The number of hydrogen-bond donors (Lipinski definition) is 2. The first-order chi connectivity index (χ1) is 4.09. The molecule has 0 saturated heterocycles. The summed E-state index contributed by atoms with van der Waals surface area (Å²) in [5, 5.41) is 26.6. The van der Waals surface area contributed by atoms with Crippen molar-refractivity contribution in [3.05, 3.63) is 10.1 Å². The Labute approximate surface area is 59.6 Å². The van der Waals surface area contributed by atoms with Crippen molar-refractivity contribution in [2.45, 2.75) is 12.3 Å². The lowest BCUT2D eigenvalue weighted by atomic mass is 10.4. The van der Waals surface area contributed by atoms with E-state index in [0.717, 1.165) is 0 Å². The van der Waals surface area contributed by atoms with Crippen LogP contribution in [-0.4, -0.2) is 32.8 Å². The Hall–Kier alpha value is -0.200. The summed E-state index contributed by atoms with van der Waals surface area (Å²) in [5.41, 5.74) is 0. The Morgan fingerprint density at radius 1 is 1.67 bits per heavy atom. The molecule has 5 nitrogen and oxygen atoms in total. The van der Waals surface area contributed by atoms with Crippen LogP contribution in [0.5, 0.6) is 0 Å². The molecule has 0 rings (SSSR count). The number of aliphatic hydroxyl groups excluding tert-OH is 2. The molecule has 0 radical (unpaired) electrons. The van der Waals surface area contributed by atoms with Gasteiger partial charge in [0.05, 0.1) is 4.92 Å². The second-order valence-corrected chi connectivity index (χ2v) is 2.07. The molecular weight excluding hydrogens is 194 g/mol. The van der Waals surface area contributed by atoms with Gasteiger partial charge >= 0.3 is 6.23 Å². The van der Waals surface area contributed by atoms with Crippen molar-refractivity contribution in [3.63, 3.8) is 0 Å². The van der Waals surface area contributed by atoms with E-state index in [1.807, 2.05) is 0 Å². The SMILES string of the molecule is O=[N+]([O-])C(O)C(O)CBr. The van der Waals surface area contributed by atoms with Gasteiger partial charge in [-0.1, -0.05) is 15.9 Å². The molecular formula is C3H6BrNO4. The van der Waals surface area contributed by atoms with Crippen LogP contribution in [0.1, 0.15) is 0 Å². The largest absolute Gasteiger partial charge is 0.382 e. The smallest absolute Gasteiger partial charge is 0.339 e. The number of nitrogens with zero attached hydrogens (tertiary/aromatic N) is 1. The van der Waals surface area contributed by atoms with Crippen LogP contribution in [-0.2, 0) is 0 Å². The zero-order valence-electron chi connectivity index (χ0n) is 4.40. The van der Waals surface area contributed by atoms with E-state index in [-0.39, 0.29) is 5.33 Å². The van der Waals surface area contributed by atoms with Crippen molar-refractivity contribution in [1.29, 1.82) is 0 Å².